The number of hydrogen-bond acceptors (Lipinski definition) is 3. The number of hydrogen-bond donors (Lipinski definition) is 1. The van der Waals surface area contributed by atoms with E-state index in [9.17, 15) is 4.79 Å². The van der Waals surface area contributed by atoms with Gasteiger partial charge < -0.3 is 14.8 Å². The van der Waals surface area contributed by atoms with Gasteiger partial charge in [-0.1, -0.05) is 42.5 Å². The van der Waals surface area contributed by atoms with E-state index in [1.165, 1.54) is 0 Å². The molecule has 0 saturated carbocycles. The number of carbonyl (C=O) groups is 1. The summed E-state index contributed by atoms with van der Waals surface area (Å²) in [6, 6.07) is 17.9. The minimum Gasteiger partial charge on any atom is -0.481 e. The maximum absolute atomic E-state index is 11.9. The Labute approximate surface area is 137 Å². The van der Waals surface area contributed by atoms with Gasteiger partial charge in [-0.2, -0.15) is 0 Å². The Kier molecular flexibility index (Phi) is 6.63. The van der Waals surface area contributed by atoms with Crippen LogP contribution in [-0.4, -0.2) is 32.3 Å². The van der Waals surface area contributed by atoms with E-state index in [1.807, 2.05) is 42.5 Å². The maximum Gasteiger partial charge on any atom is 0.260 e. The summed E-state index contributed by atoms with van der Waals surface area (Å²) in [4.78, 5) is 11.9. The van der Waals surface area contributed by atoms with Crippen LogP contribution in [0.2, 0.25) is 0 Å². The molecule has 1 unspecified atom stereocenters. The smallest absolute Gasteiger partial charge is 0.260 e. The van der Waals surface area contributed by atoms with E-state index in [4.69, 9.17) is 9.47 Å². The summed E-state index contributed by atoms with van der Waals surface area (Å²) in [7, 11) is 1.65. The first-order chi connectivity index (χ1) is 11.2. The molecule has 0 heterocycles. The number of benzene rings is 2. The molecule has 2 aromatic rings. The standard InChI is InChI=1S/C19H23NO3/c1-15(19(21)20-13-6-14-22-2)23-18-11-9-17(10-12-18)16-7-4-3-5-8-16/h3-5,7-12,15H,6,13-14H2,1-2H3,(H,20,21). The van der Waals surface area contributed by atoms with E-state index >= 15 is 0 Å². The number of ether oxygens (including phenoxy) is 2. The predicted molar refractivity (Wildman–Crippen MR) is 91.5 cm³/mol. The van der Waals surface area contributed by atoms with Gasteiger partial charge in [-0.15, -0.1) is 0 Å². The summed E-state index contributed by atoms with van der Waals surface area (Å²) >= 11 is 0. The average molecular weight is 313 g/mol. The summed E-state index contributed by atoms with van der Waals surface area (Å²) in [5.74, 6) is 0.567. The Morgan fingerprint density at radius 3 is 2.35 bits per heavy atom. The number of amides is 1. The van der Waals surface area contributed by atoms with Gasteiger partial charge in [-0.25, -0.2) is 0 Å². The first-order valence-corrected chi connectivity index (χ1v) is 7.79. The first kappa shape index (κ1) is 17.0. The van der Waals surface area contributed by atoms with Crippen LogP contribution in [-0.2, 0) is 9.53 Å². The zero-order valence-corrected chi connectivity index (χ0v) is 13.6. The molecule has 0 saturated heterocycles. The molecule has 1 atom stereocenters. The highest BCUT2D eigenvalue weighted by atomic mass is 16.5. The third kappa shape index (κ3) is 5.42. The number of nitrogens with one attached hydrogen (secondary N) is 1. The van der Waals surface area contributed by atoms with Crippen molar-refractivity contribution in [3.8, 4) is 16.9 Å². The molecule has 0 fully saturated rings. The van der Waals surface area contributed by atoms with E-state index in [0.29, 0.717) is 18.9 Å². The van der Waals surface area contributed by atoms with Crippen molar-refractivity contribution >= 4 is 5.91 Å². The van der Waals surface area contributed by atoms with E-state index in [-0.39, 0.29) is 5.91 Å². The molecule has 23 heavy (non-hydrogen) atoms. The SMILES string of the molecule is COCCCNC(=O)C(C)Oc1ccc(-c2ccccc2)cc1. The van der Waals surface area contributed by atoms with E-state index in [1.54, 1.807) is 14.0 Å². The van der Waals surface area contributed by atoms with Gasteiger partial charge in [0, 0.05) is 20.3 Å². The lowest BCUT2D eigenvalue weighted by Gasteiger charge is -2.15. The second-order valence-corrected chi connectivity index (χ2v) is 5.29. The Bertz CT molecular complexity index is 596. The highest BCUT2D eigenvalue weighted by Gasteiger charge is 2.13. The second kappa shape index (κ2) is 8.96. The van der Waals surface area contributed by atoms with Gasteiger partial charge in [-0.3, -0.25) is 4.79 Å². The lowest BCUT2D eigenvalue weighted by atomic mass is 10.1. The van der Waals surface area contributed by atoms with E-state index in [0.717, 1.165) is 17.5 Å². The van der Waals surface area contributed by atoms with Gasteiger partial charge in [0.25, 0.3) is 5.91 Å². The van der Waals surface area contributed by atoms with Crippen molar-refractivity contribution in [1.82, 2.24) is 5.32 Å². The topological polar surface area (TPSA) is 47.6 Å². The van der Waals surface area contributed by atoms with Gasteiger partial charge in [-0.05, 0) is 36.6 Å². The largest absolute Gasteiger partial charge is 0.481 e. The summed E-state index contributed by atoms with van der Waals surface area (Å²) in [6.45, 7) is 2.97. The molecule has 2 aromatic carbocycles. The van der Waals surface area contributed by atoms with Gasteiger partial charge in [0.05, 0.1) is 0 Å². The lowest BCUT2D eigenvalue weighted by Crippen LogP contribution is -2.37. The molecule has 0 aliphatic heterocycles. The summed E-state index contributed by atoms with van der Waals surface area (Å²) < 4.78 is 10.6. The van der Waals surface area contributed by atoms with Crippen molar-refractivity contribution in [2.45, 2.75) is 19.4 Å². The Balaban J connectivity index is 1.86. The monoisotopic (exact) mass is 313 g/mol. The molecular formula is C19H23NO3. The van der Waals surface area contributed by atoms with Crippen LogP contribution < -0.4 is 10.1 Å². The van der Waals surface area contributed by atoms with Crippen LogP contribution in [0, 0.1) is 0 Å². The molecular weight excluding hydrogens is 290 g/mol. The Morgan fingerprint density at radius 2 is 1.70 bits per heavy atom. The molecule has 0 spiro atoms. The normalized spacial score (nSPS) is 11.7. The highest BCUT2D eigenvalue weighted by molar-refractivity contribution is 5.80. The molecule has 0 aromatic heterocycles. The van der Waals surface area contributed by atoms with Crippen molar-refractivity contribution in [3.05, 3.63) is 54.6 Å². The van der Waals surface area contributed by atoms with Crippen LogP contribution in [0.1, 0.15) is 13.3 Å². The Morgan fingerprint density at radius 1 is 1.04 bits per heavy atom. The third-order valence-corrected chi connectivity index (χ3v) is 3.47. The quantitative estimate of drug-likeness (QED) is 0.761. The van der Waals surface area contributed by atoms with Gasteiger partial charge in [0.2, 0.25) is 0 Å². The predicted octanol–water partition coefficient (Wildman–Crippen LogP) is 3.27. The Hall–Kier alpha value is -2.33. The number of rotatable bonds is 8. The fraction of sp³-hybridized carbons (Fsp3) is 0.316. The number of methoxy groups -OCH3 is 1. The molecule has 122 valence electrons. The molecule has 0 aliphatic carbocycles. The van der Waals surface area contributed by atoms with Crippen molar-refractivity contribution < 1.29 is 14.3 Å². The minimum atomic E-state index is -0.528. The van der Waals surface area contributed by atoms with Gasteiger partial charge in [0.15, 0.2) is 6.10 Å². The van der Waals surface area contributed by atoms with Crippen LogP contribution in [0.4, 0.5) is 0 Å². The van der Waals surface area contributed by atoms with Gasteiger partial charge in [0.1, 0.15) is 5.75 Å². The van der Waals surface area contributed by atoms with Crippen molar-refractivity contribution in [2.75, 3.05) is 20.3 Å². The third-order valence-electron chi connectivity index (χ3n) is 3.47. The van der Waals surface area contributed by atoms with Crippen LogP contribution in [0.25, 0.3) is 11.1 Å². The van der Waals surface area contributed by atoms with Crippen molar-refractivity contribution in [3.63, 3.8) is 0 Å². The van der Waals surface area contributed by atoms with Crippen LogP contribution >= 0.6 is 0 Å². The molecule has 1 N–H and O–H groups in total. The lowest BCUT2D eigenvalue weighted by molar-refractivity contribution is -0.127. The summed E-state index contributed by atoms with van der Waals surface area (Å²) in [6.07, 6.45) is 0.265. The molecule has 4 heteroatoms. The molecule has 4 nitrogen and oxygen atoms in total. The van der Waals surface area contributed by atoms with E-state index < -0.39 is 6.10 Å². The minimum absolute atomic E-state index is 0.117. The van der Waals surface area contributed by atoms with Crippen molar-refractivity contribution in [1.29, 1.82) is 0 Å². The molecule has 0 aliphatic rings. The fourth-order valence-corrected chi connectivity index (χ4v) is 2.19. The maximum atomic E-state index is 11.9. The van der Waals surface area contributed by atoms with Crippen LogP contribution in [0.15, 0.2) is 54.6 Å². The number of carbonyl (C=O) groups excluding carboxylic acids is 1. The molecule has 2 rings (SSSR count). The molecule has 0 bridgehead atoms. The zero-order valence-electron chi connectivity index (χ0n) is 13.6. The van der Waals surface area contributed by atoms with E-state index in [2.05, 4.69) is 17.4 Å². The van der Waals surface area contributed by atoms with Crippen LogP contribution in [0.5, 0.6) is 5.75 Å². The fourth-order valence-electron chi connectivity index (χ4n) is 2.19. The average Bonchev–Trinajstić information content (AvgIpc) is 2.60. The highest BCUT2D eigenvalue weighted by Crippen LogP contribution is 2.22. The van der Waals surface area contributed by atoms with Gasteiger partial charge >= 0.3 is 0 Å². The molecule has 1 amide bonds. The summed E-state index contributed by atoms with van der Waals surface area (Å²) in [5.41, 5.74) is 2.28. The van der Waals surface area contributed by atoms with Crippen LogP contribution in [0.3, 0.4) is 0 Å². The van der Waals surface area contributed by atoms with Crippen molar-refractivity contribution in [2.24, 2.45) is 0 Å². The second-order valence-electron chi connectivity index (χ2n) is 5.29. The molecule has 0 radical (unpaired) electrons. The zero-order chi connectivity index (χ0) is 16.5. The summed E-state index contributed by atoms with van der Waals surface area (Å²) in [5, 5.41) is 2.83. The first-order valence-electron chi connectivity index (χ1n) is 7.79.